The molecule has 1 amide bonds. The second-order valence-corrected chi connectivity index (χ2v) is 6.53. The van der Waals surface area contributed by atoms with Gasteiger partial charge in [-0.25, -0.2) is 4.79 Å². The fourth-order valence-corrected chi connectivity index (χ4v) is 2.75. The topological polar surface area (TPSA) is 90.7 Å². The van der Waals surface area contributed by atoms with Gasteiger partial charge in [-0.1, -0.05) is 53.7 Å². The molecule has 154 valence electrons. The van der Waals surface area contributed by atoms with Gasteiger partial charge in [-0.2, -0.15) is 0 Å². The van der Waals surface area contributed by atoms with Crippen LogP contribution >= 0.6 is 0 Å². The Labute approximate surface area is 174 Å². The predicted octanol–water partition coefficient (Wildman–Crippen LogP) is 4.10. The molecule has 3 rings (SSSR count). The summed E-state index contributed by atoms with van der Waals surface area (Å²) in [6.07, 6.45) is 0.640. The number of hydrogen-bond donors (Lipinski definition) is 1. The van der Waals surface area contributed by atoms with Crippen molar-refractivity contribution >= 4 is 29.3 Å². The molecule has 0 fully saturated rings. The molecule has 0 aliphatic rings. The SMILES string of the molecule is COc1ccccc1/C=C(/C(=O)OC(C)C(=O)Nc1cc(C)on1)c1ccccc1. The van der Waals surface area contributed by atoms with E-state index >= 15 is 0 Å². The molecule has 0 bridgehead atoms. The molecule has 0 aliphatic heterocycles. The predicted molar refractivity (Wildman–Crippen MR) is 113 cm³/mol. The van der Waals surface area contributed by atoms with Crippen LogP contribution in [0.15, 0.2) is 65.2 Å². The first-order chi connectivity index (χ1) is 14.5. The minimum atomic E-state index is -1.04. The molecule has 0 saturated heterocycles. The molecule has 1 N–H and O–H groups in total. The fraction of sp³-hybridized carbons (Fsp3) is 0.174. The van der Waals surface area contributed by atoms with Crippen molar-refractivity contribution < 1.29 is 23.6 Å². The molecule has 3 aromatic rings. The lowest BCUT2D eigenvalue weighted by Gasteiger charge is -2.15. The van der Waals surface area contributed by atoms with Crippen molar-refractivity contribution in [1.29, 1.82) is 0 Å². The third kappa shape index (κ3) is 5.14. The van der Waals surface area contributed by atoms with E-state index in [1.165, 1.54) is 6.92 Å². The maximum atomic E-state index is 13.0. The molecule has 7 heteroatoms. The fourth-order valence-electron chi connectivity index (χ4n) is 2.75. The number of aromatic nitrogens is 1. The number of carbonyl (C=O) groups excluding carboxylic acids is 2. The summed E-state index contributed by atoms with van der Waals surface area (Å²) in [5.41, 5.74) is 1.68. The summed E-state index contributed by atoms with van der Waals surface area (Å²) in [5, 5.41) is 6.26. The standard InChI is InChI=1S/C23H22N2O5/c1-15-13-21(25-30-15)24-22(26)16(2)29-23(27)19(17-9-5-4-6-10-17)14-18-11-7-8-12-20(18)28-3/h4-14,16H,1-3H3,(H,24,25,26)/b19-14+. The largest absolute Gasteiger partial charge is 0.496 e. The smallest absolute Gasteiger partial charge is 0.339 e. The van der Waals surface area contributed by atoms with Gasteiger partial charge in [-0.05, 0) is 31.6 Å². The van der Waals surface area contributed by atoms with E-state index < -0.39 is 18.0 Å². The average Bonchev–Trinajstić information content (AvgIpc) is 3.17. The van der Waals surface area contributed by atoms with E-state index in [-0.39, 0.29) is 5.82 Å². The third-order valence-electron chi connectivity index (χ3n) is 4.28. The molecule has 30 heavy (non-hydrogen) atoms. The Hall–Kier alpha value is -3.87. The number of para-hydroxylation sites is 1. The number of ether oxygens (including phenoxy) is 2. The highest BCUT2D eigenvalue weighted by atomic mass is 16.5. The number of hydrogen-bond acceptors (Lipinski definition) is 6. The second-order valence-electron chi connectivity index (χ2n) is 6.53. The molecule has 0 radical (unpaired) electrons. The number of rotatable bonds is 7. The zero-order valence-electron chi connectivity index (χ0n) is 16.9. The van der Waals surface area contributed by atoms with Crippen molar-refractivity contribution in [2.75, 3.05) is 12.4 Å². The molecule has 0 saturated carbocycles. The number of nitrogens with one attached hydrogen (secondary N) is 1. The summed E-state index contributed by atoms with van der Waals surface area (Å²) in [4.78, 5) is 25.3. The van der Waals surface area contributed by atoms with Crippen LogP contribution in [0, 0.1) is 6.92 Å². The number of benzene rings is 2. The molecule has 0 spiro atoms. The van der Waals surface area contributed by atoms with Crippen molar-refractivity contribution in [3.63, 3.8) is 0 Å². The number of esters is 1. The lowest BCUT2D eigenvalue weighted by atomic mass is 10.0. The van der Waals surface area contributed by atoms with Gasteiger partial charge in [0.25, 0.3) is 5.91 Å². The van der Waals surface area contributed by atoms with Crippen LogP contribution in [-0.4, -0.2) is 30.2 Å². The average molecular weight is 406 g/mol. The van der Waals surface area contributed by atoms with Crippen LogP contribution in [0.25, 0.3) is 11.6 Å². The summed E-state index contributed by atoms with van der Waals surface area (Å²) in [6.45, 7) is 3.20. The van der Waals surface area contributed by atoms with Crippen LogP contribution in [0.5, 0.6) is 5.75 Å². The van der Waals surface area contributed by atoms with Crippen molar-refractivity contribution in [1.82, 2.24) is 5.16 Å². The number of nitrogens with zero attached hydrogens (tertiary/aromatic N) is 1. The van der Waals surface area contributed by atoms with Gasteiger partial charge in [-0.15, -0.1) is 0 Å². The highest BCUT2D eigenvalue weighted by Crippen LogP contribution is 2.26. The van der Waals surface area contributed by atoms with Gasteiger partial charge in [0.1, 0.15) is 11.5 Å². The molecule has 0 aliphatic carbocycles. The van der Waals surface area contributed by atoms with Gasteiger partial charge in [-0.3, -0.25) is 4.79 Å². The van der Waals surface area contributed by atoms with E-state index in [9.17, 15) is 9.59 Å². The number of anilines is 1. The Kier molecular flexibility index (Phi) is 6.64. The third-order valence-corrected chi connectivity index (χ3v) is 4.28. The quantitative estimate of drug-likeness (QED) is 0.361. The minimum Gasteiger partial charge on any atom is -0.496 e. The summed E-state index contributed by atoms with van der Waals surface area (Å²) in [5.74, 6) is 0.285. The Bertz CT molecular complexity index is 1060. The number of methoxy groups -OCH3 is 1. The highest BCUT2D eigenvalue weighted by Gasteiger charge is 2.22. The number of aryl methyl sites for hydroxylation is 1. The van der Waals surface area contributed by atoms with Gasteiger partial charge in [0, 0.05) is 11.6 Å². The van der Waals surface area contributed by atoms with Crippen LogP contribution in [0.3, 0.4) is 0 Å². The number of carbonyl (C=O) groups is 2. The van der Waals surface area contributed by atoms with Crippen LogP contribution < -0.4 is 10.1 Å². The number of amides is 1. The normalized spacial score (nSPS) is 12.2. The van der Waals surface area contributed by atoms with E-state index in [1.807, 2.05) is 36.4 Å². The van der Waals surface area contributed by atoms with E-state index in [2.05, 4.69) is 10.5 Å². The summed E-state index contributed by atoms with van der Waals surface area (Å²) in [6, 6.07) is 18.0. The Morgan fingerprint density at radius 2 is 1.80 bits per heavy atom. The second kappa shape index (κ2) is 9.56. The van der Waals surface area contributed by atoms with Gasteiger partial charge in [0.05, 0.1) is 12.7 Å². The molecule has 1 heterocycles. The molecule has 7 nitrogen and oxygen atoms in total. The first-order valence-electron chi connectivity index (χ1n) is 9.33. The van der Waals surface area contributed by atoms with Gasteiger partial charge >= 0.3 is 5.97 Å². The van der Waals surface area contributed by atoms with Crippen molar-refractivity contribution in [3.8, 4) is 5.75 Å². The molecule has 1 atom stereocenters. The molecule has 1 unspecified atom stereocenters. The minimum absolute atomic E-state index is 0.258. The first kappa shape index (κ1) is 20.9. The van der Waals surface area contributed by atoms with E-state index in [0.717, 1.165) is 0 Å². The van der Waals surface area contributed by atoms with Crippen LogP contribution in [0.4, 0.5) is 5.82 Å². The summed E-state index contributed by atoms with van der Waals surface area (Å²) < 4.78 is 15.7. The monoisotopic (exact) mass is 406 g/mol. The zero-order valence-corrected chi connectivity index (χ0v) is 16.9. The zero-order chi connectivity index (χ0) is 21.5. The molecule has 1 aromatic heterocycles. The maximum Gasteiger partial charge on any atom is 0.339 e. The van der Waals surface area contributed by atoms with Crippen molar-refractivity contribution in [3.05, 3.63) is 77.6 Å². The molecular formula is C23H22N2O5. The van der Waals surface area contributed by atoms with E-state index in [4.69, 9.17) is 14.0 Å². The van der Waals surface area contributed by atoms with E-state index in [1.54, 1.807) is 44.4 Å². The van der Waals surface area contributed by atoms with Crippen molar-refractivity contribution in [2.24, 2.45) is 0 Å². The van der Waals surface area contributed by atoms with Gasteiger partial charge < -0.3 is 19.3 Å². The highest BCUT2D eigenvalue weighted by molar-refractivity contribution is 6.22. The Morgan fingerprint density at radius 1 is 1.10 bits per heavy atom. The lowest BCUT2D eigenvalue weighted by molar-refractivity contribution is -0.147. The van der Waals surface area contributed by atoms with Crippen LogP contribution in [0.1, 0.15) is 23.8 Å². The molecule has 2 aromatic carbocycles. The van der Waals surface area contributed by atoms with E-state index in [0.29, 0.717) is 28.2 Å². The van der Waals surface area contributed by atoms with Gasteiger partial charge in [0.15, 0.2) is 11.9 Å². The summed E-state index contributed by atoms with van der Waals surface area (Å²) in [7, 11) is 1.56. The van der Waals surface area contributed by atoms with Crippen LogP contribution in [-0.2, 0) is 14.3 Å². The maximum absolute atomic E-state index is 13.0. The van der Waals surface area contributed by atoms with Crippen LogP contribution in [0.2, 0.25) is 0 Å². The Morgan fingerprint density at radius 3 is 2.47 bits per heavy atom. The Balaban J connectivity index is 1.83. The first-order valence-corrected chi connectivity index (χ1v) is 9.33. The van der Waals surface area contributed by atoms with Gasteiger partial charge in [0.2, 0.25) is 0 Å². The lowest BCUT2D eigenvalue weighted by Crippen LogP contribution is -2.30. The molecular weight excluding hydrogens is 384 g/mol. The van der Waals surface area contributed by atoms with Crippen molar-refractivity contribution in [2.45, 2.75) is 20.0 Å². The summed E-state index contributed by atoms with van der Waals surface area (Å²) >= 11 is 0.